The minimum absolute atomic E-state index is 0.0810. The quantitative estimate of drug-likeness (QED) is 0.216. The number of hydrogen-bond acceptors (Lipinski definition) is 3. The predicted molar refractivity (Wildman–Crippen MR) is 135 cm³/mol. The molecule has 1 radical (unpaired) electrons. The largest absolute Gasteiger partial charge is 0.493 e. The monoisotopic (exact) mass is 443 g/mol. The molecule has 181 valence electrons. The lowest BCUT2D eigenvalue weighted by Crippen LogP contribution is -2.25. The molecule has 0 amide bonds. The Morgan fingerprint density at radius 2 is 1.34 bits per heavy atom. The molecule has 3 nitrogen and oxygen atoms in total. The Kier molecular flexibility index (Phi) is 14.2. The number of ether oxygens (including phenoxy) is 1. The third-order valence-corrected chi connectivity index (χ3v) is 6.00. The topological polar surface area (TPSA) is 43.4 Å². The van der Waals surface area contributed by atoms with Crippen LogP contribution in [0.1, 0.15) is 117 Å². The van der Waals surface area contributed by atoms with Crippen molar-refractivity contribution in [3.8, 4) is 5.75 Å². The molecule has 0 aliphatic rings. The second-order valence-corrected chi connectivity index (χ2v) is 10.1. The van der Waals surface area contributed by atoms with E-state index in [4.69, 9.17) is 4.74 Å². The SMILES string of the molecule is CCCCCCCC(=O)[CH]C(COc1ccc(C(C)(C)C)cc1)C(=O)CCCCCCC. The molecule has 1 unspecified atom stereocenters. The van der Waals surface area contributed by atoms with Crippen molar-refractivity contribution in [2.45, 2.75) is 117 Å². The van der Waals surface area contributed by atoms with Gasteiger partial charge in [-0.15, -0.1) is 0 Å². The van der Waals surface area contributed by atoms with Crippen LogP contribution in [0.5, 0.6) is 5.75 Å². The lowest BCUT2D eigenvalue weighted by Gasteiger charge is -2.20. The highest BCUT2D eigenvalue weighted by Crippen LogP contribution is 2.25. The smallest absolute Gasteiger partial charge is 0.140 e. The molecule has 3 heteroatoms. The molecule has 0 saturated heterocycles. The normalized spacial score (nSPS) is 12.5. The van der Waals surface area contributed by atoms with Crippen molar-refractivity contribution >= 4 is 11.6 Å². The molecule has 0 aliphatic heterocycles. The first-order chi connectivity index (χ1) is 15.3. The van der Waals surface area contributed by atoms with E-state index in [1.807, 2.05) is 12.1 Å². The Hall–Kier alpha value is -1.64. The fourth-order valence-electron chi connectivity index (χ4n) is 3.77. The van der Waals surface area contributed by atoms with E-state index in [1.54, 1.807) is 6.42 Å². The zero-order chi connectivity index (χ0) is 23.8. The van der Waals surface area contributed by atoms with Crippen LogP contribution in [0, 0.1) is 12.3 Å². The van der Waals surface area contributed by atoms with Gasteiger partial charge in [0.05, 0.1) is 12.5 Å². The fraction of sp³-hybridized carbons (Fsp3) is 0.690. The van der Waals surface area contributed by atoms with E-state index < -0.39 is 5.92 Å². The summed E-state index contributed by atoms with van der Waals surface area (Å²) in [6.45, 7) is 11.2. The second kappa shape index (κ2) is 16.0. The predicted octanol–water partition coefficient (Wildman–Crippen LogP) is 8.04. The highest BCUT2D eigenvalue weighted by molar-refractivity contribution is 5.94. The zero-order valence-electron chi connectivity index (χ0n) is 21.4. The van der Waals surface area contributed by atoms with Gasteiger partial charge in [0.15, 0.2) is 0 Å². The van der Waals surface area contributed by atoms with E-state index in [-0.39, 0.29) is 23.6 Å². The Balaban J connectivity index is 2.61. The molecular formula is C29H47O3. The van der Waals surface area contributed by atoms with Crippen LogP contribution in [0.4, 0.5) is 0 Å². The number of ketones is 2. The number of unbranched alkanes of at least 4 members (excludes halogenated alkanes) is 8. The van der Waals surface area contributed by atoms with Crippen molar-refractivity contribution in [1.29, 1.82) is 0 Å². The summed E-state index contributed by atoms with van der Waals surface area (Å²) in [6.07, 6.45) is 13.8. The molecule has 0 spiro atoms. The first-order valence-corrected chi connectivity index (χ1v) is 12.9. The fourth-order valence-corrected chi connectivity index (χ4v) is 3.77. The Bertz CT molecular complexity index is 639. The zero-order valence-corrected chi connectivity index (χ0v) is 21.4. The van der Waals surface area contributed by atoms with Gasteiger partial charge in [-0.05, 0) is 36.0 Å². The third kappa shape index (κ3) is 12.4. The van der Waals surface area contributed by atoms with Crippen LogP contribution in [0.15, 0.2) is 24.3 Å². The Morgan fingerprint density at radius 3 is 1.88 bits per heavy atom. The summed E-state index contributed by atoms with van der Waals surface area (Å²) >= 11 is 0. The van der Waals surface area contributed by atoms with E-state index in [0.29, 0.717) is 12.8 Å². The molecule has 0 N–H and O–H groups in total. The molecule has 0 bridgehead atoms. The van der Waals surface area contributed by atoms with Crippen LogP contribution < -0.4 is 4.74 Å². The molecule has 1 atom stereocenters. The third-order valence-electron chi connectivity index (χ3n) is 6.00. The van der Waals surface area contributed by atoms with Crippen molar-refractivity contribution in [2.75, 3.05) is 6.61 Å². The van der Waals surface area contributed by atoms with Gasteiger partial charge in [0.25, 0.3) is 0 Å². The van der Waals surface area contributed by atoms with Crippen LogP contribution in [-0.4, -0.2) is 18.2 Å². The van der Waals surface area contributed by atoms with E-state index in [1.165, 1.54) is 44.1 Å². The van der Waals surface area contributed by atoms with Gasteiger partial charge < -0.3 is 4.74 Å². The molecule has 0 aliphatic carbocycles. The Morgan fingerprint density at radius 1 is 0.812 bits per heavy atom. The van der Waals surface area contributed by atoms with Crippen LogP contribution in [0.3, 0.4) is 0 Å². The van der Waals surface area contributed by atoms with Gasteiger partial charge in [-0.25, -0.2) is 0 Å². The maximum atomic E-state index is 12.9. The van der Waals surface area contributed by atoms with Gasteiger partial charge in [-0.3, -0.25) is 9.59 Å². The summed E-state index contributed by atoms with van der Waals surface area (Å²) in [5.74, 6) is 0.510. The van der Waals surface area contributed by atoms with Crippen molar-refractivity contribution in [1.82, 2.24) is 0 Å². The van der Waals surface area contributed by atoms with Crippen LogP contribution in [-0.2, 0) is 15.0 Å². The maximum Gasteiger partial charge on any atom is 0.140 e. The van der Waals surface area contributed by atoms with Crippen LogP contribution in [0.25, 0.3) is 0 Å². The summed E-state index contributed by atoms with van der Waals surface area (Å²) in [5, 5.41) is 0. The molecule has 0 heterocycles. The minimum Gasteiger partial charge on any atom is -0.493 e. The number of carbonyl (C=O) groups excluding carboxylic acids is 2. The summed E-state index contributed by atoms with van der Waals surface area (Å²) < 4.78 is 5.96. The van der Waals surface area contributed by atoms with Crippen LogP contribution in [0.2, 0.25) is 0 Å². The van der Waals surface area contributed by atoms with E-state index in [9.17, 15) is 9.59 Å². The first-order valence-electron chi connectivity index (χ1n) is 12.9. The number of carbonyl (C=O) groups is 2. The van der Waals surface area contributed by atoms with E-state index >= 15 is 0 Å². The number of rotatable bonds is 18. The van der Waals surface area contributed by atoms with Gasteiger partial charge in [0, 0.05) is 19.3 Å². The lowest BCUT2D eigenvalue weighted by molar-refractivity contribution is -0.125. The number of Topliss-reactive ketones (excluding diaryl/α,β-unsaturated/α-hetero) is 2. The molecule has 0 aromatic heterocycles. The summed E-state index contributed by atoms with van der Waals surface area (Å²) in [5.41, 5.74) is 1.33. The molecule has 1 rings (SSSR count). The summed E-state index contributed by atoms with van der Waals surface area (Å²) in [4.78, 5) is 25.4. The van der Waals surface area contributed by atoms with Gasteiger partial charge in [-0.1, -0.05) is 98.1 Å². The van der Waals surface area contributed by atoms with Crippen molar-refractivity contribution in [3.05, 3.63) is 36.2 Å². The standard InChI is InChI=1S/C29H47O3/c1-6-8-10-12-14-16-26(30)22-24(28(31)17-15-13-11-9-7-2)23-32-27-20-18-25(19-21-27)29(3,4)5/h18-22,24H,6-17,23H2,1-5H3. The molecular weight excluding hydrogens is 396 g/mol. The van der Waals surface area contributed by atoms with Gasteiger partial charge >= 0.3 is 0 Å². The molecule has 1 aromatic rings. The molecule has 0 saturated carbocycles. The van der Waals surface area contributed by atoms with Crippen molar-refractivity contribution in [2.24, 2.45) is 5.92 Å². The van der Waals surface area contributed by atoms with Gasteiger partial charge in [-0.2, -0.15) is 0 Å². The van der Waals surface area contributed by atoms with Gasteiger partial charge in [0.2, 0.25) is 0 Å². The molecule has 1 aromatic carbocycles. The first kappa shape index (κ1) is 28.4. The average molecular weight is 444 g/mol. The highest BCUT2D eigenvalue weighted by atomic mass is 16.5. The maximum absolute atomic E-state index is 12.9. The lowest BCUT2D eigenvalue weighted by atomic mass is 9.87. The van der Waals surface area contributed by atoms with Crippen molar-refractivity contribution < 1.29 is 14.3 Å². The molecule has 32 heavy (non-hydrogen) atoms. The molecule has 0 fully saturated rings. The van der Waals surface area contributed by atoms with E-state index in [2.05, 4.69) is 46.8 Å². The van der Waals surface area contributed by atoms with Crippen LogP contribution >= 0.6 is 0 Å². The Labute approximate surface area is 197 Å². The number of hydrogen-bond donors (Lipinski definition) is 0. The highest BCUT2D eigenvalue weighted by Gasteiger charge is 2.23. The number of benzene rings is 1. The summed E-state index contributed by atoms with van der Waals surface area (Å²) in [7, 11) is 0. The van der Waals surface area contributed by atoms with E-state index in [0.717, 1.165) is 31.4 Å². The average Bonchev–Trinajstić information content (AvgIpc) is 2.75. The van der Waals surface area contributed by atoms with Crippen molar-refractivity contribution in [3.63, 3.8) is 0 Å². The minimum atomic E-state index is -0.452. The summed E-state index contributed by atoms with van der Waals surface area (Å²) in [6, 6.07) is 8.07. The van der Waals surface area contributed by atoms with Gasteiger partial charge in [0.1, 0.15) is 17.3 Å². The second-order valence-electron chi connectivity index (χ2n) is 10.1.